The number of aliphatic hydroxyl groups excluding tert-OH is 1. The average molecular weight is 424 g/mol. The third kappa shape index (κ3) is 3.80. The van der Waals surface area contributed by atoms with Crippen molar-refractivity contribution in [3.8, 4) is 0 Å². The van der Waals surface area contributed by atoms with Crippen LogP contribution in [-0.4, -0.2) is 57.6 Å². The molecule has 6 atom stereocenters. The Bertz CT molecular complexity index is 950. The zero-order valence-corrected chi connectivity index (χ0v) is 18.5. The number of Topliss-reactive ketones (excluding diaryl/α,β-unsaturated/α-hetero) is 1. The second-order valence-electron chi connectivity index (χ2n) is 9.77. The van der Waals surface area contributed by atoms with Crippen molar-refractivity contribution in [2.75, 3.05) is 19.6 Å². The predicted molar refractivity (Wildman–Crippen MR) is 120 cm³/mol. The molecule has 3 heterocycles. The Morgan fingerprint density at radius 2 is 2.16 bits per heavy atom. The molecule has 1 aromatic heterocycles. The zero-order chi connectivity index (χ0) is 21.5. The number of aliphatic hydroxyl groups is 1. The topological polar surface area (TPSA) is 78.5 Å². The summed E-state index contributed by atoms with van der Waals surface area (Å²) >= 11 is 0. The first kappa shape index (κ1) is 20.7. The van der Waals surface area contributed by atoms with Crippen molar-refractivity contribution in [3.63, 3.8) is 0 Å². The van der Waals surface area contributed by atoms with E-state index in [0.717, 1.165) is 37.1 Å². The first-order chi connectivity index (χ1) is 15.0. The number of carbonyl (C=O) groups excluding carboxylic acids is 1. The Morgan fingerprint density at radius 3 is 2.94 bits per heavy atom. The monoisotopic (exact) mass is 423 g/mol. The number of hydrogen-bond acceptors (Lipinski definition) is 5. The molecule has 0 radical (unpaired) electrons. The summed E-state index contributed by atoms with van der Waals surface area (Å²) in [6.45, 7) is 7.33. The van der Waals surface area contributed by atoms with E-state index >= 15 is 0 Å². The van der Waals surface area contributed by atoms with E-state index in [2.05, 4.69) is 28.7 Å². The molecule has 0 amide bonds. The number of nitrogens with zero attached hydrogens (tertiary/aromatic N) is 2. The second kappa shape index (κ2) is 8.40. The molecule has 0 bridgehead atoms. The number of piperidine rings is 1. The first-order valence-electron chi connectivity index (χ1n) is 11.8. The third-order valence-electron chi connectivity index (χ3n) is 7.62. The lowest BCUT2D eigenvalue weighted by Gasteiger charge is -2.47. The summed E-state index contributed by atoms with van der Waals surface area (Å²) < 4.78 is 6.23. The van der Waals surface area contributed by atoms with Crippen LogP contribution in [0.1, 0.15) is 45.4 Å². The van der Waals surface area contributed by atoms with Gasteiger partial charge in [0, 0.05) is 19.0 Å². The van der Waals surface area contributed by atoms with Crippen molar-refractivity contribution in [1.29, 1.82) is 0 Å². The van der Waals surface area contributed by atoms with Crippen molar-refractivity contribution >= 4 is 22.4 Å². The maximum absolute atomic E-state index is 13.6. The number of benzene rings is 1. The van der Waals surface area contributed by atoms with Crippen LogP contribution in [0.4, 0.5) is 0 Å². The van der Waals surface area contributed by atoms with Gasteiger partial charge in [-0.25, -0.2) is 4.98 Å². The molecule has 6 heteroatoms. The smallest absolute Gasteiger partial charge is 0.176 e. The molecule has 1 aliphatic carbocycles. The molecular formula is C25H33N3O3. The van der Waals surface area contributed by atoms with E-state index in [4.69, 9.17) is 4.74 Å². The Morgan fingerprint density at radius 1 is 1.32 bits per heavy atom. The second-order valence-corrected chi connectivity index (χ2v) is 9.77. The lowest BCUT2D eigenvalue weighted by Crippen LogP contribution is -2.55. The maximum atomic E-state index is 13.6. The van der Waals surface area contributed by atoms with Crippen molar-refractivity contribution in [1.82, 2.24) is 14.9 Å². The highest BCUT2D eigenvalue weighted by Gasteiger charge is 2.50. The summed E-state index contributed by atoms with van der Waals surface area (Å²) in [5.74, 6) is 1.19. The lowest BCUT2D eigenvalue weighted by molar-refractivity contribution is -0.141. The number of carbonyl (C=O) groups is 1. The molecule has 2 aromatic rings. The molecule has 5 rings (SSSR count). The van der Waals surface area contributed by atoms with Gasteiger partial charge in [0.25, 0.3) is 0 Å². The number of imidazole rings is 1. The number of rotatable bonds is 4. The summed E-state index contributed by atoms with van der Waals surface area (Å²) in [5.41, 5.74) is 2.28. The van der Waals surface area contributed by atoms with Crippen LogP contribution in [-0.2, 0) is 9.53 Å². The number of ether oxygens (including phenoxy) is 1. The SMILES string of the molecule is CCC1CC2C(=O)C(c3nc4ccccc4[nH]3)=COC2C(CN2CCCC(C)C2)C1O. The molecule has 166 valence electrons. The molecule has 6 unspecified atom stereocenters. The summed E-state index contributed by atoms with van der Waals surface area (Å²) in [7, 11) is 0. The minimum atomic E-state index is -0.433. The minimum absolute atomic E-state index is 0.0496. The van der Waals surface area contributed by atoms with E-state index in [-0.39, 0.29) is 29.6 Å². The van der Waals surface area contributed by atoms with Crippen LogP contribution < -0.4 is 0 Å². The number of likely N-dealkylation sites (tertiary alicyclic amines) is 1. The molecule has 31 heavy (non-hydrogen) atoms. The Labute approximate surface area is 183 Å². The Hall–Kier alpha value is -2.18. The highest BCUT2D eigenvalue weighted by Crippen LogP contribution is 2.43. The molecule has 1 aromatic carbocycles. The van der Waals surface area contributed by atoms with Crippen molar-refractivity contribution < 1.29 is 14.6 Å². The summed E-state index contributed by atoms with van der Waals surface area (Å²) in [6, 6.07) is 7.79. The standard InChI is InChI=1S/C25H33N3O3/c1-3-16-11-17-23(30)19(25-26-20-8-4-5-9-21(20)27-25)14-31-24(17)18(22(16)29)13-28-10-6-7-15(2)12-28/h4-5,8-9,14-18,22,24,29H,3,6-7,10-13H2,1-2H3,(H,26,27). The molecular weight excluding hydrogens is 390 g/mol. The van der Waals surface area contributed by atoms with E-state index in [9.17, 15) is 9.90 Å². The maximum Gasteiger partial charge on any atom is 0.176 e. The summed E-state index contributed by atoms with van der Waals surface area (Å²) in [5, 5.41) is 11.2. The van der Waals surface area contributed by atoms with Gasteiger partial charge in [-0.3, -0.25) is 4.79 Å². The van der Waals surface area contributed by atoms with Crippen LogP contribution in [0.3, 0.4) is 0 Å². The van der Waals surface area contributed by atoms with Crippen LogP contribution in [0.2, 0.25) is 0 Å². The van der Waals surface area contributed by atoms with Crippen LogP contribution in [0.25, 0.3) is 16.6 Å². The quantitative estimate of drug-likeness (QED) is 0.785. The van der Waals surface area contributed by atoms with Gasteiger partial charge < -0.3 is 19.7 Å². The lowest BCUT2D eigenvalue weighted by atomic mass is 9.67. The van der Waals surface area contributed by atoms with Gasteiger partial charge in [-0.05, 0) is 49.8 Å². The van der Waals surface area contributed by atoms with Crippen LogP contribution in [0.5, 0.6) is 0 Å². The van der Waals surface area contributed by atoms with Crippen LogP contribution in [0.15, 0.2) is 30.5 Å². The molecule has 1 saturated heterocycles. The predicted octanol–water partition coefficient (Wildman–Crippen LogP) is 3.63. The molecule has 6 nitrogen and oxygen atoms in total. The zero-order valence-electron chi connectivity index (χ0n) is 18.5. The molecule has 3 aliphatic rings. The van der Waals surface area contributed by atoms with Gasteiger partial charge in [-0.2, -0.15) is 0 Å². The van der Waals surface area contributed by atoms with Gasteiger partial charge in [-0.15, -0.1) is 0 Å². The highest BCUT2D eigenvalue weighted by atomic mass is 16.5. The fourth-order valence-electron chi connectivity index (χ4n) is 5.92. The number of aromatic nitrogens is 2. The van der Waals surface area contributed by atoms with Gasteiger partial charge in [-0.1, -0.05) is 32.4 Å². The van der Waals surface area contributed by atoms with E-state index in [1.165, 1.54) is 12.8 Å². The molecule has 2 N–H and O–H groups in total. The molecule has 1 saturated carbocycles. The summed E-state index contributed by atoms with van der Waals surface area (Å²) in [4.78, 5) is 23.9. The minimum Gasteiger partial charge on any atom is -0.496 e. The van der Waals surface area contributed by atoms with Gasteiger partial charge in [0.15, 0.2) is 5.78 Å². The van der Waals surface area contributed by atoms with Crippen LogP contribution >= 0.6 is 0 Å². The molecule has 2 fully saturated rings. The summed E-state index contributed by atoms with van der Waals surface area (Å²) in [6.07, 6.45) is 4.90. The van der Waals surface area contributed by atoms with Crippen molar-refractivity contribution in [2.24, 2.45) is 23.7 Å². The van der Waals surface area contributed by atoms with Crippen molar-refractivity contribution in [2.45, 2.75) is 51.7 Å². The molecule has 2 aliphatic heterocycles. The highest BCUT2D eigenvalue weighted by molar-refractivity contribution is 6.21. The van der Waals surface area contributed by atoms with Gasteiger partial charge in [0.1, 0.15) is 11.9 Å². The number of allylic oxidation sites excluding steroid dienone is 1. The number of hydrogen-bond donors (Lipinski definition) is 2. The Balaban J connectivity index is 1.43. The largest absolute Gasteiger partial charge is 0.496 e. The van der Waals surface area contributed by atoms with Crippen LogP contribution in [0, 0.1) is 23.7 Å². The number of nitrogens with one attached hydrogen (secondary N) is 1. The number of aromatic amines is 1. The van der Waals surface area contributed by atoms with E-state index in [1.54, 1.807) is 6.26 Å². The normalized spacial score (nSPS) is 34.3. The van der Waals surface area contributed by atoms with E-state index in [1.807, 2.05) is 24.3 Å². The molecule has 0 spiro atoms. The Kier molecular flexibility index (Phi) is 5.61. The van der Waals surface area contributed by atoms with E-state index < -0.39 is 6.10 Å². The fourth-order valence-corrected chi connectivity index (χ4v) is 5.92. The first-order valence-corrected chi connectivity index (χ1v) is 11.8. The van der Waals surface area contributed by atoms with Gasteiger partial charge in [0.05, 0.1) is 34.9 Å². The fraction of sp³-hybridized carbons (Fsp3) is 0.600. The van der Waals surface area contributed by atoms with Gasteiger partial charge in [0.2, 0.25) is 0 Å². The average Bonchev–Trinajstić information content (AvgIpc) is 3.20. The number of fused-ring (bicyclic) bond motifs is 2. The van der Waals surface area contributed by atoms with E-state index in [0.29, 0.717) is 23.7 Å². The number of ketones is 1. The van der Waals surface area contributed by atoms with Crippen molar-refractivity contribution in [3.05, 3.63) is 36.4 Å². The third-order valence-corrected chi connectivity index (χ3v) is 7.62. The van der Waals surface area contributed by atoms with Gasteiger partial charge >= 0.3 is 0 Å². The number of H-pyrrole nitrogens is 1. The number of para-hydroxylation sites is 2.